The minimum atomic E-state index is 0.0169. The van der Waals surface area contributed by atoms with Crippen molar-refractivity contribution in [3.8, 4) is 0 Å². The third kappa shape index (κ3) is 5.19. The molecule has 0 aromatic rings. The second-order valence-electron chi connectivity index (χ2n) is 3.74. The highest BCUT2D eigenvalue weighted by Crippen LogP contribution is 2.16. The van der Waals surface area contributed by atoms with E-state index >= 15 is 0 Å². The summed E-state index contributed by atoms with van der Waals surface area (Å²) in [5, 5.41) is 0.728. The molecule has 0 N–H and O–H groups in total. The zero-order valence-electron chi connectivity index (χ0n) is 7.94. The van der Waals surface area contributed by atoms with Gasteiger partial charge in [-0.2, -0.15) is 0 Å². The van der Waals surface area contributed by atoms with E-state index in [-0.39, 0.29) is 5.41 Å². The Bertz CT molecular complexity index is 124. The van der Waals surface area contributed by atoms with Crippen LogP contribution in [0.15, 0.2) is 0 Å². The molecule has 2 heteroatoms. The van der Waals surface area contributed by atoms with Gasteiger partial charge in [-0.1, -0.05) is 34.1 Å². The molecule has 66 valence electrons. The summed E-state index contributed by atoms with van der Waals surface area (Å²) in [6, 6.07) is 0. The van der Waals surface area contributed by atoms with E-state index in [9.17, 15) is 0 Å². The molecule has 11 heavy (non-hydrogen) atoms. The molecule has 0 aliphatic carbocycles. The third-order valence-corrected chi connectivity index (χ3v) is 2.07. The fourth-order valence-electron chi connectivity index (χ4n) is 0.526. The maximum absolute atomic E-state index is 5.38. The molecule has 0 atom stereocenters. The van der Waals surface area contributed by atoms with E-state index in [2.05, 4.69) is 27.7 Å². The second-order valence-corrected chi connectivity index (χ2v) is 4.11. The van der Waals surface area contributed by atoms with Gasteiger partial charge in [0.15, 0.2) is 5.05 Å². The van der Waals surface area contributed by atoms with Crippen LogP contribution in [0.3, 0.4) is 0 Å². The Labute approximate surface area is 75.1 Å². The Kier molecular flexibility index (Phi) is 4.66. The lowest BCUT2D eigenvalue weighted by Crippen LogP contribution is -2.21. The molecule has 0 saturated heterocycles. The summed E-state index contributed by atoms with van der Waals surface area (Å²) in [7, 11) is 0. The molecule has 0 aromatic heterocycles. The average Bonchev–Trinajstić information content (AvgIpc) is 1.86. The van der Waals surface area contributed by atoms with Crippen molar-refractivity contribution in [1.29, 1.82) is 0 Å². The third-order valence-electron chi connectivity index (χ3n) is 1.34. The highest BCUT2D eigenvalue weighted by Gasteiger charge is 2.17. The van der Waals surface area contributed by atoms with Crippen LogP contribution in [0.5, 0.6) is 0 Å². The summed E-state index contributed by atoms with van der Waals surface area (Å²) < 4.78 is 5.38. The monoisotopic (exact) mass is 174 g/mol. The summed E-state index contributed by atoms with van der Waals surface area (Å²) in [4.78, 5) is 0. The van der Waals surface area contributed by atoms with Gasteiger partial charge in [0.05, 0.1) is 6.61 Å². The van der Waals surface area contributed by atoms with Gasteiger partial charge in [0.25, 0.3) is 0 Å². The van der Waals surface area contributed by atoms with Gasteiger partial charge in [-0.15, -0.1) is 0 Å². The topological polar surface area (TPSA) is 9.23 Å². The van der Waals surface area contributed by atoms with Crippen LogP contribution in [0, 0.1) is 5.41 Å². The minimum absolute atomic E-state index is 0.0169. The van der Waals surface area contributed by atoms with Crippen LogP contribution < -0.4 is 0 Å². The fraction of sp³-hybridized carbons (Fsp3) is 0.889. The Balaban J connectivity index is 3.54. The lowest BCUT2D eigenvalue weighted by Gasteiger charge is -2.19. The first kappa shape index (κ1) is 10.9. The lowest BCUT2D eigenvalue weighted by atomic mass is 9.98. The van der Waals surface area contributed by atoms with E-state index in [1.54, 1.807) is 0 Å². The second kappa shape index (κ2) is 4.70. The van der Waals surface area contributed by atoms with Crippen LogP contribution in [0.4, 0.5) is 0 Å². The van der Waals surface area contributed by atoms with Gasteiger partial charge < -0.3 is 4.74 Å². The molecule has 0 spiro atoms. The molecule has 0 aliphatic heterocycles. The number of ether oxygens (including phenoxy) is 1. The summed E-state index contributed by atoms with van der Waals surface area (Å²) in [5.74, 6) is 0. The molecule has 0 bridgehead atoms. The van der Waals surface area contributed by atoms with Gasteiger partial charge in [-0.05, 0) is 18.6 Å². The van der Waals surface area contributed by atoms with Crippen molar-refractivity contribution < 1.29 is 4.74 Å². The predicted octanol–water partition coefficient (Wildman–Crippen LogP) is 3.18. The zero-order valence-corrected chi connectivity index (χ0v) is 8.75. The summed E-state index contributed by atoms with van der Waals surface area (Å²) in [6.07, 6.45) is 2.25. The molecule has 0 aromatic carbocycles. The van der Waals surface area contributed by atoms with E-state index in [1.807, 2.05) is 0 Å². The largest absolute Gasteiger partial charge is 0.486 e. The van der Waals surface area contributed by atoms with Gasteiger partial charge in [-0.25, -0.2) is 0 Å². The molecule has 0 unspecified atom stereocenters. The molecule has 1 nitrogen and oxygen atoms in total. The molecule has 0 aliphatic rings. The minimum Gasteiger partial charge on any atom is -0.486 e. The summed E-state index contributed by atoms with van der Waals surface area (Å²) in [6.45, 7) is 9.12. The first-order chi connectivity index (χ1) is 4.98. The van der Waals surface area contributed by atoms with E-state index < -0.39 is 0 Å². The molecule has 0 fully saturated rings. The Morgan fingerprint density at radius 3 is 2.27 bits per heavy atom. The number of rotatable bonds is 3. The molecule has 0 radical (unpaired) electrons. The molecule has 0 rings (SSSR count). The van der Waals surface area contributed by atoms with Crippen molar-refractivity contribution in [3.63, 3.8) is 0 Å². The molecule has 0 saturated carbocycles. The normalized spacial score (nSPS) is 11.3. The fourth-order valence-corrected chi connectivity index (χ4v) is 0.609. The Morgan fingerprint density at radius 1 is 1.36 bits per heavy atom. The Morgan fingerprint density at radius 2 is 1.91 bits per heavy atom. The summed E-state index contributed by atoms with van der Waals surface area (Å²) >= 11 is 5.08. The quantitative estimate of drug-likeness (QED) is 0.480. The number of thiocarbonyl (C=S) groups is 1. The van der Waals surface area contributed by atoms with Crippen LogP contribution in [0.25, 0.3) is 0 Å². The first-order valence-corrected chi connectivity index (χ1v) is 4.56. The van der Waals surface area contributed by atoms with Crippen molar-refractivity contribution in [3.05, 3.63) is 0 Å². The van der Waals surface area contributed by atoms with Crippen LogP contribution in [-0.4, -0.2) is 11.7 Å². The van der Waals surface area contributed by atoms with Gasteiger partial charge in [0.1, 0.15) is 0 Å². The van der Waals surface area contributed by atoms with E-state index in [1.165, 1.54) is 0 Å². The van der Waals surface area contributed by atoms with Gasteiger partial charge in [0.2, 0.25) is 0 Å². The smallest absolute Gasteiger partial charge is 0.164 e. The van der Waals surface area contributed by atoms with Crippen molar-refractivity contribution >= 4 is 17.3 Å². The van der Waals surface area contributed by atoms with E-state index in [0.717, 1.165) is 24.5 Å². The standard InChI is InChI=1S/C9H18OS/c1-5-6-7-10-8(11)9(2,3)4/h5-7H2,1-4H3. The summed E-state index contributed by atoms with van der Waals surface area (Å²) in [5.41, 5.74) is 0.0169. The number of hydrogen-bond acceptors (Lipinski definition) is 2. The van der Waals surface area contributed by atoms with Crippen LogP contribution in [0.2, 0.25) is 0 Å². The van der Waals surface area contributed by atoms with Gasteiger partial charge >= 0.3 is 0 Å². The average molecular weight is 174 g/mol. The van der Waals surface area contributed by atoms with E-state index in [4.69, 9.17) is 17.0 Å². The van der Waals surface area contributed by atoms with Gasteiger partial charge in [0, 0.05) is 5.41 Å². The molecular formula is C9H18OS. The lowest BCUT2D eigenvalue weighted by molar-refractivity contribution is 0.267. The molecule has 0 amide bonds. The predicted molar refractivity (Wildman–Crippen MR) is 52.9 cm³/mol. The first-order valence-electron chi connectivity index (χ1n) is 4.15. The van der Waals surface area contributed by atoms with Gasteiger partial charge in [-0.3, -0.25) is 0 Å². The van der Waals surface area contributed by atoms with Crippen molar-refractivity contribution in [2.24, 2.45) is 5.41 Å². The maximum Gasteiger partial charge on any atom is 0.164 e. The van der Waals surface area contributed by atoms with Crippen LogP contribution in [0.1, 0.15) is 40.5 Å². The highest BCUT2D eigenvalue weighted by molar-refractivity contribution is 7.80. The molecule has 0 heterocycles. The van der Waals surface area contributed by atoms with Crippen molar-refractivity contribution in [2.45, 2.75) is 40.5 Å². The van der Waals surface area contributed by atoms with Crippen molar-refractivity contribution in [1.82, 2.24) is 0 Å². The zero-order chi connectivity index (χ0) is 8.91. The molecular weight excluding hydrogens is 156 g/mol. The SMILES string of the molecule is CCCCOC(=S)C(C)(C)C. The number of unbranched alkanes of at least 4 members (excludes halogenated alkanes) is 1. The van der Waals surface area contributed by atoms with Crippen LogP contribution in [-0.2, 0) is 4.74 Å². The highest BCUT2D eigenvalue weighted by atomic mass is 32.1. The Hall–Kier alpha value is -0.110. The van der Waals surface area contributed by atoms with Crippen molar-refractivity contribution in [2.75, 3.05) is 6.61 Å². The maximum atomic E-state index is 5.38. The number of hydrogen-bond donors (Lipinski definition) is 0. The van der Waals surface area contributed by atoms with Crippen LogP contribution >= 0.6 is 12.2 Å². The van der Waals surface area contributed by atoms with E-state index in [0.29, 0.717) is 0 Å².